The molecule has 1 saturated carbocycles. The molecule has 0 radical (unpaired) electrons. The highest BCUT2D eigenvalue weighted by molar-refractivity contribution is 7.87. The maximum absolute atomic E-state index is 13.5. The Hall–Kier alpha value is -2.80. The third-order valence-electron chi connectivity index (χ3n) is 7.17. The minimum Gasteiger partial charge on any atom is -0.382 e. The Labute approximate surface area is 252 Å². The van der Waals surface area contributed by atoms with E-state index in [4.69, 9.17) is 27.4 Å². The normalized spacial score (nSPS) is 18.3. The zero-order valence-corrected chi connectivity index (χ0v) is 25.5. The minimum atomic E-state index is -4.61. The summed E-state index contributed by atoms with van der Waals surface area (Å²) in [5.41, 5.74) is 2.20. The molecule has 2 aromatic carbocycles. The second-order valence-corrected chi connectivity index (χ2v) is 12.9. The summed E-state index contributed by atoms with van der Waals surface area (Å²) in [7, 11) is -0.567. The van der Waals surface area contributed by atoms with E-state index in [-0.39, 0.29) is 28.4 Å². The van der Waals surface area contributed by atoms with Crippen molar-refractivity contribution in [3.63, 3.8) is 0 Å². The van der Waals surface area contributed by atoms with Crippen molar-refractivity contribution in [3.8, 4) is 22.7 Å². The van der Waals surface area contributed by atoms with E-state index < -0.39 is 28.5 Å². The van der Waals surface area contributed by atoms with Crippen molar-refractivity contribution in [1.29, 1.82) is 0 Å². The number of carbonyl (C=O) groups is 1. The van der Waals surface area contributed by atoms with Crippen LogP contribution >= 0.6 is 23.2 Å². The fourth-order valence-corrected chi connectivity index (χ4v) is 6.51. The van der Waals surface area contributed by atoms with Crippen LogP contribution in [0.15, 0.2) is 42.5 Å². The molecule has 3 unspecified atom stereocenters. The smallest absolute Gasteiger partial charge is 0.312 e. The number of rotatable bonds is 10. The monoisotopic (exact) mass is 646 g/mol. The van der Waals surface area contributed by atoms with Crippen LogP contribution in [-0.2, 0) is 10.1 Å². The Morgan fingerprint density at radius 3 is 2.45 bits per heavy atom. The molecule has 1 N–H and O–H groups in total. The van der Waals surface area contributed by atoms with Crippen molar-refractivity contribution in [1.82, 2.24) is 20.0 Å². The first kappa shape index (κ1) is 32.1. The first-order chi connectivity index (χ1) is 19.8. The zero-order chi connectivity index (χ0) is 30.8. The molecule has 1 aliphatic rings. The van der Waals surface area contributed by atoms with Crippen LogP contribution in [0.5, 0.6) is 5.75 Å². The van der Waals surface area contributed by atoms with Gasteiger partial charge in [0.05, 0.1) is 16.4 Å². The Balaban J connectivity index is 1.67. The number of nitrogens with one attached hydrogen (secondary N) is 1. The molecule has 0 spiro atoms. The molecule has 3 aromatic rings. The summed E-state index contributed by atoms with van der Waals surface area (Å²) in [6, 6.07) is 10.8. The standard InChI is InChI=1S/C28H31Cl2F3N4O4S/c1-16-25(28(38)34-19-5-4-6-20(14-19)36(2)3)35-37(24-12-9-18(29)13-22(24)30)26(16)17-7-10-21(11-8-17)41-42(39,40)15-23(31)27(32)33/h7-13,19-20,23,27H,4-6,14-15H2,1-3H3,(H,34,38). The van der Waals surface area contributed by atoms with Crippen LogP contribution in [-0.4, -0.2) is 73.5 Å². The van der Waals surface area contributed by atoms with Crippen molar-refractivity contribution < 1.29 is 30.6 Å². The topological polar surface area (TPSA) is 93.5 Å². The van der Waals surface area contributed by atoms with Crippen molar-refractivity contribution in [3.05, 3.63) is 63.8 Å². The molecular formula is C28H31Cl2F3N4O4S. The van der Waals surface area contributed by atoms with Crippen LogP contribution in [0.1, 0.15) is 41.7 Å². The minimum absolute atomic E-state index is 0.0156. The summed E-state index contributed by atoms with van der Waals surface area (Å²) in [6.07, 6.45) is -2.59. The van der Waals surface area contributed by atoms with Gasteiger partial charge in [-0.25, -0.2) is 17.9 Å². The SMILES string of the molecule is Cc1c(C(=O)NC2CCCC(N(C)C)C2)nn(-c2ccc(Cl)cc2Cl)c1-c1ccc(OS(=O)(=O)CC(F)C(F)F)cc1. The largest absolute Gasteiger partial charge is 0.382 e. The first-order valence-corrected chi connectivity index (χ1v) is 15.6. The van der Waals surface area contributed by atoms with E-state index >= 15 is 0 Å². The number of alkyl halides is 3. The van der Waals surface area contributed by atoms with E-state index in [2.05, 4.69) is 15.3 Å². The molecule has 228 valence electrons. The molecule has 3 atom stereocenters. The van der Waals surface area contributed by atoms with Crippen molar-refractivity contribution in [2.75, 3.05) is 19.8 Å². The fraction of sp³-hybridized carbons (Fsp3) is 0.429. The molecule has 14 heteroatoms. The average molecular weight is 648 g/mol. The summed E-state index contributed by atoms with van der Waals surface area (Å²) in [5.74, 6) is -2.02. The van der Waals surface area contributed by atoms with Crippen LogP contribution in [0.2, 0.25) is 10.0 Å². The third kappa shape index (κ3) is 7.58. The number of benzene rings is 2. The molecule has 0 saturated heterocycles. The van der Waals surface area contributed by atoms with Gasteiger partial charge in [-0.15, -0.1) is 0 Å². The molecule has 1 fully saturated rings. The lowest BCUT2D eigenvalue weighted by atomic mass is 9.90. The van der Waals surface area contributed by atoms with Gasteiger partial charge in [-0.05, 0) is 89.2 Å². The summed E-state index contributed by atoms with van der Waals surface area (Å²) >= 11 is 12.6. The van der Waals surface area contributed by atoms with Gasteiger partial charge < -0.3 is 14.4 Å². The molecule has 4 rings (SSSR count). The number of hydrogen-bond donors (Lipinski definition) is 1. The van der Waals surface area contributed by atoms with Crippen molar-refractivity contribution in [2.24, 2.45) is 0 Å². The van der Waals surface area contributed by atoms with Crippen LogP contribution in [0.4, 0.5) is 13.2 Å². The van der Waals surface area contributed by atoms with E-state index in [0.29, 0.717) is 33.6 Å². The highest BCUT2D eigenvalue weighted by atomic mass is 35.5. The Bertz CT molecular complexity index is 1530. The van der Waals surface area contributed by atoms with E-state index in [0.717, 1.165) is 25.7 Å². The predicted molar refractivity (Wildman–Crippen MR) is 156 cm³/mol. The second kappa shape index (κ2) is 13.2. The number of nitrogens with zero attached hydrogens (tertiary/aromatic N) is 3. The number of halogens is 5. The van der Waals surface area contributed by atoms with Gasteiger partial charge in [-0.1, -0.05) is 23.2 Å². The summed E-state index contributed by atoms with van der Waals surface area (Å²) in [6.45, 7) is 1.74. The molecule has 1 aromatic heterocycles. The van der Waals surface area contributed by atoms with Crippen LogP contribution in [0.25, 0.3) is 16.9 Å². The number of amides is 1. The Morgan fingerprint density at radius 2 is 1.83 bits per heavy atom. The molecule has 1 amide bonds. The number of carbonyl (C=O) groups excluding carboxylic acids is 1. The quantitative estimate of drug-likeness (QED) is 0.269. The van der Waals surface area contributed by atoms with E-state index in [1.54, 1.807) is 25.1 Å². The number of aromatic nitrogens is 2. The van der Waals surface area contributed by atoms with Crippen LogP contribution in [0.3, 0.4) is 0 Å². The van der Waals surface area contributed by atoms with Gasteiger partial charge in [0.1, 0.15) is 11.5 Å². The van der Waals surface area contributed by atoms with E-state index in [9.17, 15) is 26.4 Å². The molecule has 1 heterocycles. The van der Waals surface area contributed by atoms with E-state index in [1.807, 2.05) is 14.1 Å². The van der Waals surface area contributed by atoms with Crippen LogP contribution < -0.4 is 9.50 Å². The average Bonchev–Trinajstić information content (AvgIpc) is 3.25. The highest BCUT2D eigenvalue weighted by Crippen LogP contribution is 2.34. The Morgan fingerprint density at radius 1 is 1.14 bits per heavy atom. The first-order valence-electron chi connectivity index (χ1n) is 13.2. The van der Waals surface area contributed by atoms with Gasteiger partial charge >= 0.3 is 10.1 Å². The predicted octanol–water partition coefficient (Wildman–Crippen LogP) is 6.07. The van der Waals surface area contributed by atoms with Crippen LogP contribution in [0, 0.1) is 6.92 Å². The molecular weight excluding hydrogens is 616 g/mol. The van der Waals surface area contributed by atoms with Gasteiger partial charge in [-0.2, -0.15) is 13.5 Å². The maximum atomic E-state index is 13.5. The van der Waals surface area contributed by atoms with Gasteiger partial charge in [0.25, 0.3) is 12.3 Å². The summed E-state index contributed by atoms with van der Waals surface area (Å²) in [4.78, 5) is 15.7. The van der Waals surface area contributed by atoms with Crippen molar-refractivity contribution >= 4 is 39.2 Å². The Kier molecular flexibility index (Phi) is 10.1. The highest BCUT2D eigenvalue weighted by Gasteiger charge is 2.30. The van der Waals surface area contributed by atoms with Crippen molar-refractivity contribution in [2.45, 2.75) is 57.3 Å². The van der Waals surface area contributed by atoms with Gasteiger partial charge in [-0.3, -0.25) is 4.79 Å². The lowest BCUT2D eigenvalue weighted by Gasteiger charge is -2.33. The van der Waals surface area contributed by atoms with Gasteiger partial charge in [0.15, 0.2) is 11.9 Å². The molecule has 0 aliphatic heterocycles. The van der Waals surface area contributed by atoms with E-state index in [1.165, 1.54) is 28.9 Å². The molecule has 8 nitrogen and oxygen atoms in total. The molecule has 42 heavy (non-hydrogen) atoms. The lowest BCUT2D eigenvalue weighted by molar-refractivity contribution is 0.0611. The lowest BCUT2D eigenvalue weighted by Crippen LogP contribution is -2.44. The molecule has 0 bridgehead atoms. The maximum Gasteiger partial charge on any atom is 0.312 e. The fourth-order valence-electron chi connectivity index (χ4n) is 5.01. The second-order valence-electron chi connectivity index (χ2n) is 10.5. The van der Waals surface area contributed by atoms with Gasteiger partial charge in [0, 0.05) is 28.2 Å². The third-order valence-corrected chi connectivity index (χ3v) is 8.89. The number of hydrogen-bond acceptors (Lipinski definition) is 6. The summed E-state index contributed by atoms with van der Waals surface area (Å²) in [5, 5.41) is 8.43. The van der Waals surface area contributed by atoms with Gasteiger partial charge in [0.2, 0.25) is 0 Å². The summed E-state index contributed by atoms with van der Waals surface area (Å²) < 4.78 is 68.7. The molecule has 1 aliphatic carbocycles. The zero-order valence-electron chi connectivity index (χ0n) is 23.2.